The van der Waals surface area contributed by atoms with Crippen molar-refractivity contribution in [3.05, 3.63) is 45.6 Å². The molecule has 0 aliphatic rings. The zero-order chi connectivity index (χ0) is 16.1. The van der Waals surface area contributed by atoms with Crippen LogP contribution in [0.4, 0.5) is 16.2 Å². The number of hydrogen-bond acceptors (Lipinski definition) is 3. The number of rotatable bonds is 4. The van der Waals surface area contributed by atoms with Crippen LogP contribution in [0.25, 0.3) is 0 Å². The van der Waals surface area contributed by atoms with Gasteiger partial charge in [-0.2, -0.15) is 0 Å². The van der Waals surface area contributed by atoms with Crippen LogP contribution in [0.3, 0.4) is 0 Å². The molecular formula is C16H19N3O2S. The minimum atomic E-state index is -0.301. The number of urea groups is 1. The van der Waals surface area contributed by atoms with Crippen LogP contribution in [0.15, 0.2) is 30.3 Å². The molecule has 1 aromatic heterocycles. The van der Waals surface area contributed by atoms with Gasteiger partial charge in [-0.1, -0.05) is 13.0 Å². The molecule has 0 fully saturated rings. The van der Waals surface area contributed by atoms with Gasteiger partial charge in [0, 0.05) is 23.3 Å². The summed E-state index contributed by atoms with van der Waals surface area (Å²) in [5, 5.41) is 8.00. The lowest BCUT2D eigenvalue weighted by Gasteiger charge is -2.07. The first kappa shape index (κ1) is 16.0. The van der Waals surface area contributed by atoms with E-state index in [9.17, 15) is 9.59 Å². The highest BCUT2D eigenvalue weighted by Gasteiger charge is 2.12. The molecule has 0 saturated carbocycles. The summed E-state index contributed by atoms with van der Waals surface area (Å²) in [7, 11) is 1.55. The smallest absolute Gasteiger partial charge is 0.318 e. The molecule has 0 atom stereocenters. The first-order chi connectivity index (χ1) is 10.5. The van der Waals surface area contributed by atoms with Gasteiger partial charge in [-0.25, -0.2) is 4.79 Å². The van der Waals surface area contributed by atoms with Crippen molar-refractivity contribution >= 4 is 34.6 Å². The molecule has 1 heterocycles. The third kappa shape index (κ3) is 3.85. The molecule has 2 rings (SSSR count). The summed E-state index contributed by atoms with van der Waals surface area (Å²) in [6.07, 6.45) is 0.926. The Morgan fingerprint density at radius 2 is 1.82 bits per heavy atom. The quantitative estimate of drug-likeness (QED) is 0.806. The molecule has 0 radical (unpaired) electrons. The highest BCUT2D eigenvalue weighted by Crippen LogP contribution is 2.24. The molecule has 0 aliphatic heterocycles. The molecule has 0 aliphatic carbocycles. The van der Waals surface area contributed by atoms with Crippen molar-refractivity contribution in [2.45, 2.75) is 20.3 Å². The number of benzene rings is 1. The van der Waals surface area contributed by atoms with Crippen molar-refractivity contribution in [1.29, 1.82) is 0 Å². The predicted molar refractivity (Wildman–Crippen MR) is 90.9 cm³/mol. The van der Waals surface area contributed by atoms with Gasteiger partial charge in [-0.05, 0) is 43.2 Å². The maximum absolute atomic E-state index is 12.3. The second kappa shape index (κ2) is 7.09. The Hall–Kier alpha value is -2.34. The summed E-state index contributed by atoms with van der Waals surface area (Å²) in [5.74, 6) is -0.134. The Balaban J connectivity index is 2.10. The Bertz CT molecular complexity index is 694. The molecule has 1 aromatic carbocycles. The largest absolute Gasteiger partial charge is 0.341 e. The van der Waals surface area contributed by atoms with E-state index in [1.165, 1.54) is 16.2 Å². The van der Waals surface area contributed by atoms with Gasteiger partial charge in [0.05, 0.1) is 4.88 Å². The minimum Gasteiger partial charge on any atom is -0.341 e. The third-order valence-corrected chi connectivity index (χ3v) is 4.55. The molecule has 0 saturated heterocycles. The average molecular weight is 317 g/mol. The third-order valence-electron chi connectivity index (χ3n) is 3.17. The van der Waals surface area contributed by atoms with E-state index in [2.05, 4.69) is 22.9 Å². The summed E-state index contributed by atoms with van der Waals surface area (Å²) >= 11 is 1.51. The lowest BCUT2D eigenvalue weighted by Crippen LogP contribution is -2.24. The summed E-state index contributed by atoms with van der Waals surface area (Å²) in [6, 6.07) is 8.64. The molecule has 2 aromatic rings. The molecule has 0 unspecified atom stereocenters. The van der Waals surface area contributed by atoms with Crippen molar-refractivity contribution in [3.8, 4) is 0 Å². The van der Waals surface area contributed by atoms with E-state index in [1.807, 2.05) is 13.0 Å². The molecule has 116 valence electrons. The van der Waals surface area contributed by atoms with Crippen molar-refractivity contribution in [3.63, 3.8) is 0 Å². The van der Waals surface area contributed by atoms with Crippen LogP contribution in [0.5, 0.6) is 0 Å². The highest BCUT2D eigenvalue weighted by molar-refractivity contribution is 7.14. The minimum absolute atomic E-state index is 0.134. The van der Waals surface area contributed by atoms with Gasteiger partial charge in [-0.3, -0.25) is 4.79 Å². The van der Waals surface area contributed by atoms with E-state index in [4.69, 9.17) is 0 Å². The van der Waals surface area contributed by atoms with Gasteiger partial charge in [0.15, 0.2) is 0 Å². The van der Waals surface area contributed by atoms with Gasteiger partial charge < -0.3 is 16.0 Å². The standard InChI is InChI=1S/C16H19N3O2S/c1-4-13-10(2)8-14(22-13)15(20)18-11-6-5-7-12(9-11)19-16(21)17-3/h5-9H,4H2,1-3H3,(H,18,20)(H2,17,19,21). The fraction of sp³-hybridized carbons (Fsp3) is 0.250. The fourth-order valence-electron chi connectivity index (χ4n) is 2.04. The Morgan fingerprint density at radius 1 is 1.14 bits per heavy atom. The first-order valence-corrected chi connectivity index (χ1v) is 7.84. The molecule has 5 nitrogen and oxygen atoms in total. The van der Waals surface area contributed by atoms with E-state index in [-0.39, 0.29) is 11.9 Å². The number of anilines is 2. The van der Waals surface area contributed by atoms with Gasteiger partial charge in [0.1, 0.15) is 0 Å². The highest BCUT2D eigenvalue weighted by atomic mass is 32.1. The zero-order valence-electron chi connectivity index (χ0n) is 12.8. The van der Waals surface area contributed by atoms with Crippen molar-refractivity contribution in [2.24, 2.45) is 0 Å². The molecule has 3 amide bonds. The van der Waals surface area contributed by atoms with Gasteiger partial charge in [0.25, 0.3) is 5.91 Å². The lowest BCUT2D eigenvalue weighted by atomic mass is 10.2. The van der Waals surface area contributed by atoms with E-state index >= 15 is 0 Å². The van der Waals surface area contributed by atoms with Crippen molar-refractivity contribution in [1.82, 2.24) is 5.32 Å². The number of nitrogens with one attached hydrogen (secondary N) is 3. The van der Waals surface area contributed by atoms with Gasteiger partial charge in [0.2, 0.25) is 0 Å². The second-order valence-corrected chi connectivity index (χ2v) is 5.95. The summed E-state index contributed by atoms with van der Waals surface area (Å²) < 4.78 is 0. The van der Waals surface area contributed by atoms with Crippen LogP contribution < -0.4 is 16.0 Å². The second-order valence-electron chi connectivity index (χ2n) is 4.81. The summed E-state index contributed by atoms with van der Waals surface area (Å²) in [4.78, 5) is 25.5. The van der Waals surface area contributed by atoms with E-state index in [0.29, 0.717) is 16.3 Å². The number of carbonyl (C=O) groups is 2. The number of thiophene rings is 1. The normalized spacial score (nSPS) is 10.1. The molecule has 3 N–H and O–H groups in total. The molecule has 0 bridgehead atoms. The number of aryl methyl sites for hydroxylation is 2. The van der Waals surface area contributed by atoms with Crippen LogP contribution in [-0.4, -0.2) is 19.0 Å². The SMILES string of the molecule is CCc1sc(C(=O)Nc2cccc(NC(=O)NC)c2)cc1C. The Kier molecular flexibility index (Phi) is 5.16. The summed E-state index contributed by atoms with van der Waals surface area (Å²) in [6.45, 7) is 4.09. The Labute approximate surface area is 133 Å². The van der Waals surface area contributed by atoms with E-state index < -0.39 is 0 Å². The van der Waals surface area contributed by atoms with Gasteiger partial charge in [-0.15, -0.1) is 11.3 Å². The van der Waals surface area contributed by atoms with Crippen molar-refractivity contribution < 1.29 is 9.59 Å². The summed E-state index contributed by atoms with van der Waals surface area (Å²) in [5.41, 5.74) is 2.41. The van der Waals surface area contributed by atoms with Crippen LogP contribution in [0.2, 0.25) is 0 Å². The van der Waals surface area contributed by atoms with Gasteiger partial charge >= 0.3 is 6.03 Å². The van der Waals surface area contributed by atoms with Crippen LogP contribution in [-0.2, 0) is 6.42 Å². The number of hydrogen-bond donors (Lipinski definition) is 3. The first-order valence-electron chi connectivity index (χ1n) is 7.03. The molecule has 6 heteroatoms. The van der Waals surface area contributed by atoms with E-state index in [1.54, 1.807) is 31.3 Å². The zero-order valence-corrected chi connectivity index (χ0v) is 13.6. The predicted octanol–water partition coefficient (Wildman–Crippen LogP) is 3.62. The number of amides is 3. The lowest BCUT2D eigenvalue weighted by molar-refractivity contribution is 0.103. The Morgan fingerprint density at radius 3 is 2.41 bits per heavy atom. The van der Waals surface area contributed by atoms with Crippen LogP contribution >= 0.6 is 11.3 Å². The maximum atomic E-state index is 12.3. The van der Waals surface area contributed by atoms with Crippen molar-refractivity contribution in [2.75, 3.05) is 17.7 Å². The van der Waals surface area contributed by atoms with Crippen LogP contribution in [0, 0.1) is 6.92 Å². The molecule has 22 heavy (non-hydrogen) atoms. The molecular weight excluding hydrogens is 298 g/mol. The average Bonchev–Trinajstić information content (AvgIpc) is 2.88. The maximum Gasteiger partial charge on any atom is 0.318 e. The fourth-order valence-corrected chi connectivity index (χ4v) is 3.05. The molecule has 0 spiro atoms. The monoisotopic (exact) mass is 317 g/mol. The topological polar surface area (TPSA) is 70.2 Å². The van der Waals surface area contributed by atoms with E-state index in [0.717, 1.165) is 12.0 Å². The van der Waals surface area contributed by atoms with Crippen LogP contribution in [0.1, 0.15) is 27.0 Å². The number of carbonyl (C=O) groups excluding carboxylic acids is 2.